The van der Waals surface area contributed by atoms with Crippen LogP contribution in [0.3, 0.4) is 0 Å². The Bertz CT molecular complexity index is 646. The number of nitrogens with one attached hydrogen (secondary N) is 3. The Hall–Kier alpha value is -2.26. The van der Waals surface area contributed by atoms with Crippen molar-refractivity contribution in [2.24, 2.45) is 0 Å². The normalized spacial score (nSPS) is 18.7. The molecule has 0 spiro atoms. The zero-order valence-corrected chi connectivity index (χ0v) is 15.0. The van der Waals surface area contributed by atoms with Gasteiger partial charge in [-0.05, 0) is 37.1 Å². The SMILES string of the molecule is O=C(O)C(Cc1ccc(O)cc1)NC(=O)C(CS)NC(=O)C1CCCN1. The van der Waals surface area contributed by atoms with Crippen LogP contribution in [0.2, 0.25) is 0 Å². The van der Waals surface area contributed by atoms with Crippen molar-refractivity contribution in [3.63, 3.8) is 0 Å². The Kier molecular flexibility index (Phi) is 7.28. The summed E-state index contributed by atoms with van der Waals surface area (Å²) in [5.41, 5.74) is 0.650. The van der Waals surface area contributed by atoms with Crippen molar-refractivity contribution in [3.05, 3.63) is 29.8 Å². The molecule has 0 radical (unpaired) electrons. The predicted octanol–water partition coefficient (Wildman–Crippen LogP) is -0.329. The van der Waals surface area contributed by atoms with E-state index in [2.05, 4.69) is 28.6 Å². The molecule has 8 nitrogen and oxygen atoms in total. The molecule has 1 aromatic rings. The van der Waals surface area contributed by atoms with Crippen LogP contribution in [0.1, 0.15) is 18.4 Å². The second-order valence-electron chi connectivity index (χ2n) is 6.16. The van der Waals surface area contributed by atoms with Gasteiger partial charge in [0, 0.05) is 12.2 Å². The maximum atomic E-state index is 12.4. The number of thiol groups is 1. The molecule has 1 fully saturated rings. The van der Waals surface area contributed by atoms with Crippen molar-refractivity contribution in [2.75, 3.05) is 12.3 Å². The van der Waals surface area contributed by atoms with Crippen LogP contribution in [0.15, 0.2) is 24.3 Å². The number of carboxylic acid groups (broad SMARTS) is 1. The third-order valence-electron chi connectivity index (χ3n) is 4.18. The molecule has 1 aliphatic rings. The Morgan fingerprint density at radius 2 is 1.88 bits per heavy atom. The second kappa shape index (κ2) is 9.44. The molecule has 0 bridgehead atoms. The van der Waals surface area contributed by atoms with Crippen LogP contribution in [0.25, 0.3) is 0 Å². The molecule has 26 heavy (non-hydrogen) atoms. The minimum Gasteiger partial charge on any atom is -0.508 e. The highest BCUT2D eigenvalue weighted by atomic mass is 32.1. The quantitative estimate of drug-likeness (QED) is 0.342. The molecule has 1 saturated heterocycles. The van der Waals surface area contributed by atoms with Gasteiger partial charge in [0.05, 0.1) is 6.04 Å². The summed E-state index contributed by atoms with van der Waals surface area (Å²) >= 11 is 4.09. The molecule has 5 N–H and O–H groups in total. The molecule has 9 heteroatoms. The van der Waals surface area contributed by atoms with E-state index in [-0.39, 0.29) is 29.9 Å². The monoisotopic (exact) mass is 381 g/mol. The number of aliphatic carboxylic acids is 1. The summed E-state index contributed by atoms with van der Waals surface area (Å²) in [6.45, 7) is 0.754. The third kappa shape index (κ3) is 5.63. The lowest BCUT2D eigenvalue weighted by molar-refractivity contribution is -0.142. The molecule has 1 heterocycles. The van der Waals surface area contributed by atoms with Crippen LogP contribution in [0, 0.1) is 0 Å². The van der Waals surface area contributed by atoms with Gasteiger partial charge in [-0.3, -0.25) is 9.59 Å². The van der Waals surface area contributed by atoms with Gasteiger partial charge in [0.2, 0.25) is 11.8 Å². The summed E-state index contributed by atoms with van der Waals surface area (Å²) in [6.07, 6.45) is 1.65. The number of hydrogen-bond donors (Lipinski definition) is 6. The van der Waals surface area contributed by atoms with E-state index in [1.165, 1.54) is 12.1 Å². The Morgan fingerprint density at radius 1 is 1.19 bits per heavy atom. The maximum absolute atomic E-state index is 12.4. The summed E-state index contributed by atoms with van der Waals surface area (Å²) in [5, 5.41) is 26.7. The molecule has 3 atom stereocenters. The van der Waals surface area contributed by atoms with E-state index in [4.69, 9.17) is 0 Å². The lowest BCUT2D eigenvalue weighted by atomic mass is 10.1. The number of hydrogen-bond acceptors (Lipinski definition) is 6. The highest BCUT2D eigenvalue weighted by Gasteiger charge is 2.29. The fourth-order valence-corrected chi connectivity index (χ4v) is 2.97. The largest absolute Gasteiger partial charge is 0.508 e. The number of benzene rings is 1. The van der Waals surface area contributed by atoms with Gasteiger partial charge >= 0.3 is 5.97 Å². The molecule has 1 aliphatic heterocycles. The average Bonchev–Trinajstić information content (AvgIpc) is 3.15. The lowest BCUT2D eigenvalue weighted by Gasteiger charge is -2.21. The van der Waals surface area contributed by atoms with Crippen LogP contribution < -0.4 is 16.0 Å². The van der Waals surface area contributed by atoms with E-state index >= 15 is 0 Å². The smallest absolute Gasteiger partial charge is 0.326 e. The first-order valence-electron chi connectivity index (χ1n) is 8.36. The standard InChI is InChI=1S/C17H23N3O5S/c21-11-5-3-10(4-6-11)8-13(17(24)25)19-16(23)14(9-26)20-15(22)12-2-1-7-18-12/h3-6,12-14,18,21,26H,1-2,7-9H2,(H,19,23)(H,20,22)(H,24,25). The lowest BCUT2D eigenvalue weighted by Crippen LogP contribution is -2.55. The summed E-state index contributed by atoms with van der Waals surface area (Å²) in [4.78, 5) is 36.0. The molecule has 0 aromatic heterocycles. The van der Waals surface area contributed by atoms with Gasteiger partial charge in [-0.1, -0.05) is 12.1 Å². The Morgan fingerprint density at radius 3 is 2.42 bits per heavy atom. The first kappa shape index (κ1) is 20.1. The molecular weight excluding hydrogens is 358 g/mol. The summed E-state index contributed by atoms with van der Waals surface area (Å²) < 4.78 is 0. The van der Waals surface area contributed by atoms with E-state index in [0.717, 1.165) is 13.0 Å². The van der Waals surface area contributed by atoms with E-state index in [1.807, 2.05) is 0 Å². The number of aromatic hydroxyl groups is 1. The topological polar surface area (TPSA) is 128 Å². The van der Waals surface area contributed by atoms with Gasteiger partial charge in [-0.25, -0.2) is 4.79 Å². The number of phenolic OH excluding ortho intramolecular Hbond substituents is 1. The zero-order valence-electron chi connectivity index (χ0n) is 14.1. The molecule has 1 aromatic carbocycles. The van der Waals surface area contributed by atoms with Crippen molar-refractivity contribution in [2.45, 2.75) is 37.4 Å². The van der Waals surface area contributed by atoms with E-state index in [9.17, 15) is 24.6 Å². The average molecular weight is 381 g/mol. The van der Waals surface area contributed by atoms with Gasteiger partial charge in [-0.2, -0.15) is 12.6 Å². The highest BCUT2D eigenvalue weighted by molar-refractivity contribution is 7.80. The predicted molar refractivity (Wildman–Crippen MR) is 98.2 cm³/mol. The summed E-state index contributed by atoms with van der Waals surface area (Å²) in [7, 11) is 0. The van der Waals surface area contributed by atoms with Crippen LogP contribution >= 0.6 is 12.6 Å². The van der Waals surface area contributed by atoms with Gasteiger partial charge in [0.25, 0.3) is 0 Å². The van der Waals surface area contributed by atoms with Crippen LogP contribution in [0.5, 0.6) is 5.75 Å². The number of carbonyl (C=O) groups excluding carboxylic acids is 2. The Labute approximate surface area is 156 Å². The van der Waals surface area contributed by atoms with E-state index in [1.54, 1.807) is 12.1 Å². The van der Waals surface area contributed by atoms with Gasteiger partial charge in [0.1, 0.15) is 17.8 Å². The number of carbonyl (C=O) groups is 3. The summed E-state index contributed by atoms with van der Waals surface area (Å²) in [6, 6.07) is 3.65. The minimum atomic E-state index is -1.19. The number of amides is 2. The third-order valence-corrected chi connectivity index (χ3v) is 4.55. The number of rotatable bonds is 8. The molecule has 2 rings (SSSR count). The van der Waals surface area contributed by atoms with E-state index in [0.29, 0.717) is 12.0 Å². The first-order valence-corrected chi connectivity index (χ1v) is 8.99. The fourth-order valence-electron chi connectivity index (χ4n) is 2.71. The number of carboxylic acids is 1. The van der Waals surface area contributed by atoms with E-state index < -0.39 is 24.0 Å². The van der Waals surface area contributed by atoms with Crippen LogP contribution in [-0.2, 0) is 20.8 Å². The van der Waals surface area contributed by atoms with Crippen molar-refractivity contribution >= 4 is 30.4 Å². The van der Waals surface area contributed by atoms with Gasteiger partial charge < -0.3 is 26.2 Å². The second-order valence-corrected chi connectivity index (χ2v) is 6.53. The van der Waals surface area contributed by atoms with Gasteiger partial charge in [-0.15, -0.1) is 0 Å². The molecule has 2 amide bonds. The van der Waals surface area contributed by atoms with Gasteiger partial charge in [0.15, 0.2) is 0 Å². The van der Waals surface area contributed by atoms with Crippen LogP contribution in [0.4, 0.5) is 0 Å². The first-order chi connectivity index (χ1) is 12.4. The number of phenols is 1. The van der Waals surface area contributed by atoms with Crippen molar-refractivity contribution in [1.29, 1.82) is 0 Å². The zero-order chi connectivity index (χ0) is 19.1. The van der Waals surface area contributed by atoms with Crippen molar-refractivity contribution < 1.29 is 24.6 Å². The Balaban J connectivity index is 1.96. The molecule has 3 unspecified atom stereocenters. The van der Waals surface area contributed by atoms with Crippen molar-refractivity contribution in [1.82, 2.24) is 16.0 Å². The minimum absolute atomic E-state index is 0.0514. The molecule has 0 saturated carbocycles. The molecular formula is C17H23N3O5S. The maximum Gasteiger partial charge on any atom is 0.326 e. The van der Waals surface area contributed by atoms with Crippen molar-refractivity contribution in [3.8, 4) is 5.75 Å². The summed E-state index contributed by atoms with van der Waals surface area (Å²) in [5.74, 6) is -1.95. The molecule has 0 aliphatic carbocycles. The van der Waals surface area contributed by atoms with Crippen LogP contribution in [-0.4, -0.2) is 58.4 Å². The fraction of sp³-hybridized carbons (Fsp3) is 0.471. The molecule has 142 valence electrons. The highest BCUT2D eigenvalue weighted by Crippen LogP contribution is 2.12.